The van der Waals surface area contributed by atoms with E-state index < -0.39 is 0 Å². The van der Waals surface area contributed by atoms with Gasteiger partial charge >= 0.3 is 0 Å². The van der Waals surface area contributed by atoms with Crippen LogP contribution in [-0.4, -0.2) is 34.9 Å². The van der Waals surface area contributed by atoms with Gasteiger partial charge in [-0.05, 0) is 23.6 Å². The van der Waals surface area contributed by atoms with Gasteiger partial charge in [-0.15, -0.1) is 0 Å². The predicted molar refractivity (Wildman–Crippen MR) is 68.0 cm³/mol. The number of likely N-dealkylation sites (tertiary alicyclic amines) is 1. The molecule has 1 fully saturated rings. The highest BCUT2D eigenvalue weighted by atomic mass is 16.2. The van der Waals surface area contributed by atoms with Crippen LogP contribution in [0.3, 0.4) is 0 Å². The van der Waals surface area contributed by atoms with Gasteiger partial charge in [0.1, 0.15) is 5.82 Å². The van der Waals surface area contributed by atoms with Crippen molar-refractivity contribution in [2.24, 2.45) is 0 Å². The van der Waals surface area contributed by atoms with Crippen molar-refractivity contribution in [1.82, 2.24) is 9.88 Å². The van der Waals surface area contributed by atoms with Crippen LogP contribution < -0.4 is 5.32 Å². The molecule has 0 aliphatic carbocycles. The zero-order valence-corrected chi connectivity index (χ0v) is 10.6. The molecule has 1 aliphatic rings. The summed E-state index contributed by atoms with van der Waals surface area (Å²) in [5.41, 5.74) is 1.28. The van der Waals surface area contributed by atoms with Crippen molar-refractivity contribution in [3.8, 4) is 0 Å². The summed E-state index contributed by atoms with van der Waals surface area (Å²) in [5.74, 6) is 1.56. The molecule has 92 valence electrons. The number of nitrogens with zero attached hydrogens (tertiary/aromatic N) is 2. The maximum Gasteiger partial charge on any atom is 0.219 e. The Bertz CT molecular complexity index is 411. The lowest BCUT2D eigenvalue weighted by Crippen LogP contribution is -2.56. The van der Waals surface area contributed by atoms with Gasteiger partial charge in [-0.3, -0.25) is 4.79 Å². The first-order valence-electron chi connectivity index (χ1n) is 6.04. The van der Waals surface area contributed by atoms with E-state index >= 15 is 0 Å². The number of carbonyl (C=O) groups is 1. The van der Waals surface area contributed by atoms with Gasteiger partial charge in [-0.25, -0.2) is 4.98 Å². The van der Waals surface area contributed by atoms with Crippen LogP contribution in [0.15, 0.2) is 18.3 Å². The molecule has 0 radical (unpaired) electrons. The summed E-state index contributed by atoms with van der Waals surface area (Å²) in [4.78, 5) is 17.2. The van der Waals surface area contributed by atoms with E-state index in [-0.39, 0.29) is 5.91 Å². The van der Waals surface area contributed by atoms with E-state index in [0.717, 1.165) is 18.9 Å². The number of amides is 1. The summed E-state index contributed by atoms with van der Waals surface area (Å²) in [6.45, 7) is 7.50. The topological polar surface area (TPSA) is 45.2 Å². The van der Waals surface area contributed by atoms with Gasteiger partial charge in [-0.2, -0.15) is 0 Å². The average Bonchev–Trinajstić information content (AvgIpc) is 2.22. The monoisotopic (exact) mass is 233 g/mol. The quantitative estimate of drug-likeness (QED) is 0.866. The Morgan fingerprint density at radius 1 is 1.53 bits per heavy atom. The fraction of sp³-hybridized carbons (Fsp3) is 0.538. The number of rotatable bonds is 3. The fourth-order valence-corrected chi connectivity index (χ4v) is 1.92. The number of anilines is 1. The van der Waals surface area contributed by atoms with Gasteiger partial charge in [0, 0.05) is 26.2 Å². The highest BCUT2D eigenvalue weighted by molar-refractivity contribution is 5.74. The minimum absolute atomic E-state index is 0.145. The highest BCUT2D eigenvalue weighted by Crippen LogP contribution is 2.19. The first kappa shape index (κ1) is 11.9. The van der Waals surface area contributed by atoms with Crippen LogP contribution in [-0.2, 0) is 4.79 Å². The molecular weight excluding hydrogens is 214 g/mol. The predicted octanol–water partition coefficient (Wildman–Crippen LogP) is 1.85. The van der Waals surface area contributed by atoms with Gasteiger partial charge in [-0.1, -0.05) is 13.8 Å². The third-order valence-corrected chi connectivity index (χ3v) is 3.13. The molecule has 4 heteroatoms. The molecule has 0 aromatic carbocycles. The smallest absolute Gasteiger partial charge is 0.219 e. The van der Waals surface area contributed by atoms with Crippen LogP contribution in [0, 0.1) is 0 Å². The van der Waals surface area contributed by atoms with Crippen LogP contribution in [0.4, 0.5) is 5.82 Å². The first-order chi connectivity index (χ1) is 8.06. The largest absolute Gasteiger partial charge is 0.364 e. The van der Waals surface area contributed by atoms with Crippen molar-refractivity contribution in [2.45, 2.75) is 32.7 Å². The van der Waals surface area contributed by atoms with Crippen molar-refractivity contribution < 1.29 is 4.79 Å². The zero-order valence-electron chi connectivity index (χ0n) is 10.6. The summed E-state index contributed by atoms with van der Waals surface area (Å²) in [7, 11) is 0. The third kappa shape index (κ3) is 2.75. The molecular formula is C13H19N3O. The van der Waals surface area contributed by atoms with E-state index in [4.69, 9.17) is 0 Å². The van der Waals surface area contributed by atoms with Crippen molar-refractivity contribution >= 4 is 11.7 Å². The summed E-state index contributed by atoms with van der Waals surface area (Å²) in [5, 5.41) is 3.35. The fourth-order valence-electron chi connectivity index (χ4n) is 1.92. The van der Waals surface area contributed by atoms with E-state index in [1.807, 2.05) is 17.2 Å². The Balaban J connectivity index is 1.92. The molecule has 1 aromatic heterocycles. The highest BCUT2D eigenvalue weighted by Gasteiger charge is 2.28. The summed E-state index contributed by atoms with van der Waals surface area (Å²) < 4.78 is 0. The molecule has 0 spiro atoms. The summed E-state index contributed by atoms with van der Waals surface area (Å²) >= 11 is 0. The lowest BCUT2D eigenvalue weighted by molar-refractivity contribution is -0.132. The first-order valence-corrected chi connectivity index (χ1v) is 6.04. The Morgan fingerprint density at radius 2 is 2.24 bits per heavy atom. The zero-order chi connectivity index (χ0) is 12.4. The molecule has 1 amide bonds. The normalized spacial score (nSPS) is 15.9. The lowest BCUT2D eigenvalue weighted by atomic mass is 10.0. The Labute approximate surface area is 102 Å². The van der Waals surface area contributed by atoms with Crippen molar-refractivity contribution in [3.63, 3.8) is 0 Å². The van der Waals surface area contributed by atoms with Crippen LogP contribution in [0.2, 0.25) is 0 Å². The van der Waals surface area contributed by atoms with Gasteiger partial charge < -0.3 is 10.2 Å². The van der Waals surface area contributed by atoms with Crippen LogP contribution >= 0.6 is 0 Å². The second-order valence-corrected chi connectivity index (χ2v) is 4.89. The molecule has 1 aliphatic heterocycles. The molecule has 0 saturated carbocycles. The molecule has 0 unspecified atom stereocenters. The van der Waals surface area contributed by atoms with Crippen molar-refractivity contribution in [1.29, 1.82) is 0 Å². The number of aromatic nitrogens is 1. The standard InChI is InChI=1S/C13H19N3O/c1-9(2)11-4-5-14-13(6-11)15-12-7-16(8-12)10(3)17/h4-6,9,12H,7-8H2,1-3H3,(H,14,15). The Morgan fingerprint density at radius 3 is 2.82 bits per heavy atom. The molecule has 2 rings (SSSR count). The van der Waals surface area contributed by atoms with E-state index in [1.165, 1.54) is 5.56 Å². The van der Waals surface area contributed by atoms with E-state index in [0.29, 0.717) is 12.0 Å². The minimum Gasteiger partial charge on any atom is -0.364 e. The van der Waals surface area contributed by atoms with Gasteiger partial charge in [0.25, 0.3) is 0 Å². The maximum atomic E-state index is 11.0. The molecule has 1 saturated heterocycles. The molecule has 2 heterocycles. The summed E-state index contributed by atoms with van der Waals surface area (Å²) in [6.07, 6.45) is 1.83. The van der Waals surface area contributed by atoms with E-state index in [2.05, 4.69) is 30.2 Å². The van der Waals surface area contributed by atoms with Gasteiger partial charge in [0.2, 0.25) is 5.91 Å². The average molecular weight is 233 g/mol. The second-order valence-electron chi connectivity index (χ2n) is 4.89. The number of carbonyl (C=O) groups excluding carboxylic acids is 1. The van der Waals surface area contributed by atoms with Crippen molar-refractivity contribution in [2.75, 3.05) is 18.4 Å². The third-order valence-electron chi connectivity index (χ3n) is 3.13. The van der Waals surface area contributed by atoms with Crippen LogP contribution in [0.25, 0.3) is 0 Å². The van der Waals surface area contributed by atoms with Crippen molar-refractivity contribution in [3.05, 3.63) is 23.9 Å². The SMILES string of the molecule is CC(=O)N1CC(Nc2cc(C(C)C)ccn2)C1. The number of hydrogen-bond donors (Lipinski definition) is 1. The number of hydrogen-bond acceptors (Lipinski definition) is 3. The molecule has 1 aromatic rings. The molecule has 17 heavy (non-hydrogen) atoms. The Kier molecular flexibility index (Phi) is 3.31. The Hall–Kier alpha value is -1.58. The van der Waals surface area contributed by atoms with Gasteiger partial charge in [0.15, 0.2) is 0 Å². The maximum absolute atomic E-state index is 11.0. The summed E-state index contributed by atoms with van der Waals surface area (Å²) in [6, 6.07) is 4.47. The van der Waals surface area contributed by atoms with Crippen LogP contribution in [0.5, 0.6) is 0 Å². The number of pyridine rings is 1. The molecule has 0 atom stereocenters. The molecule has 4 nitrogen and oxygen atoms in total. The molecule has 1 N–H and O–H groups in total. The molecule has 0 bridgehead atoms. The lowest BCUT2D eigenvalue weighted by Gasteiger charge is -2.39. The van der Waals surface area contributed by atoms with E-state index in [9.17, 15) is 4.79 Å². The van der Waals surface area contributed by atoms with Gasteiger partial charge in [0.05, 0.1) is 6.04 Å². The number of nitrogens with one attached hydrogen (secondary N) is 1. The van der Waals surface area contributed by atoms with Crippen LogP contribution in [0.1, 0.15) is 32.3 Å². The minimum atomic E-state index is 0.145. The van der Waals surface area contributed by atoms with E-state index in [1.54, 1.807) is 6.92 Å². The second kappa shape index (κ2) is 4.73.